The molecule has 0 saturated heterocycles. The summed E-state index contributed by atoms with van der Waals surface area (Å²) in [5, 5.41) is 0. The molecule has 0 aliphatic carbocycles. The van der Waals surface area contributed by atoms with E-state index in [9.17, 15) is 9.59 Å². The molecule has 0 aliphatic rings. The third-order valence-electron chi connectivity index (χ3n) is 4.48. The second-order valence-corrected chi connectivity index (χ2v) is 6.63. The number of aromatic nitrogens is 1. The van der Waals surface area contributed by atoms with Crippen molar-refractivity contribution in [2.75, 3.05) is 25.0 Å². The molecule has 0 saturated carbocycles. The van der Waals surface area contributed by atoms with Crippen LogP contribution in [0, 0.1) is 13.8 Å². The Morgan fingerprint density at radius 1 is 1.04 bits per heavy atom. The SMILES string of the molecule is CC(=O)N(CCC(=O)N(C)CCc1ccncc1)c1ccc(C)cc1C. The number of aryl methyl sites for hydroxylation is 2. The first-order chi connectivity index (χ1) is 12.4. The second-order valence-electron chi connectivity index (χ2n) is 6.63. The lowest BCUT2D eigenvalue weighted by Crippen LogP contribution is -2.35. The molecule has 1 aromatic heterocycles. The first-order valence-corrected chi connectivity index (χ1v) is 8.86. The number of hydrogen-bond acceptors (Lipinski definition) is 3. The van der Waals surface area contributed by atoms with E-state index in [2.05, 4.69) is 4.98 Å². The molecular weight excluding hydrogens is 326 g/mol. The summed E-state index contributed by atoms with van der Waals surface area (Å²) in [5.74, 6) is -0.0146. The van der Waals surface area contributed by atoms with Gasteiger partial charge in [0.2, 0.25) is 11.8 Å². The predicted octanol–water partition coefficient (Wildman–Crippen LogP) is 3.14. The van der Waals surface area contributed by atoms with Crippen LogP contribution in [-0.2, 0) is 16.0 Å². The van der Waals surface area contributed by atoms with E-state index in [-0.39, 0.29) is 11.8 Å². The minimum absolute atomic E-state index is 0.0371. The van der Waals surface area contributed by atoms with Crippen molar-refractivity contribution in [3.63, 3.8) is 0 Å². The number of likely N-dealkylation sites (N-methyl/N-ethyl adjacent to an activating group) is 1. The van der Waals surface area contributed by atoms with Crippen LogP contribution in [0.5, 0.6) is 0 Å². The van der Waals surface area contributed by atoms with E-state index in [0.717, 1.165) is 28.8 Å². The second kappa shape index (κ2) is 9.13. The van der Waals surface area contributed by atoms with Crippen LogP contribution in [0.25, 0.3) is 0 Å². The number of nitrogens with zero attached hydrogens (tertiary/aromatic N) is 3. The normalized spacial score (nSPS) is 10.5. The number of anilines is 1. The lowest BCUT2D eigenvalue weighted by Gasteiger charge is -2.25. The highest BCUT2D eigenvalue weighted by Crippen LogP contribution is 2.21. The molecule has 0 fully saturated rings. The number of amides is 2. The Morgan fingerprint density at radius 3 is 2.35 bits per heavy atom. The molecule has 1 aromatic carbocycles. The molecule has 138 valence electrons. The molecule has 2 amide bonds. The Labute approximate surface area is 155 Å². The number of carbonyl (C=O) groups is 2. The van der Waals surface area contributed by atoms with Crippen LogP contribution in [0.2, 0.25) is 0 Å². The maximum absolute atomic E-state index is 12.4. The molecule has 26 heavy (non-hydrogen) atoms. The zero-order valence-corrected chi connectivity index (χ0v) is 16.0. The third-order valence-corrected chi connectivity index (χ3v) is 4.48. The van der Waals surface area contributed by atoms with Crippen LogP contribution in [-0.4, -0.2) is 41.8 Å². The first-order valence-electron chi connectivity index (χ1n) is 8.86. The maximum Gasteiger partial charge on any atom is 0.224 e. The van der Waals surface area contributed by atoms with Gasteiger partial charge in [-0.15, -0.1) is 0 Å². The van der Waals surface area contributed by atoms with Crippen molar-refractivity contribution < 1.29 is 9.59 Å². The van der Waals surface area contributed by atoms with E-state index >= 15 is 0 Å². The fourth-order valence-electron chi connectivity index (χ4n) is 2.93. The van der Waals surface area contributed by atoms with Crippen LogP contribution in [0.4, 0.5) is 5.69 Å². The molecule has 0 spiro atoms. The average Bonchev–Trinajstić information content (AvgIpc) is 2.61. The smallest absolute Gasteiger partial charge is 0.224 e. The van der Waals surface area contributed by atoms with Gasteiger partial charge in [0.15, 0.2) is 0 Å². The van der Waals surface area contributed by atoms with E-state index in [1.807, 2.05) is 44.2 Å². The fraction of sp³-hybridized carbons (Fsp3) is 0.381. The molecule has 0 aliphatic heterocycles. The Kier molecular flexibility index (Phi) is 6.89. The number of benzene rings is 1. The van der Waals surface area contributed by atoms with Gasteiger partial charge in [0, 0.05) is 51.6 Å². The lowest BCUT2D eigenvalue weighted by atomic mass is 10.1. The Bertz CT molecular complexity index is 759. The van der Waals surface area contributed by atoms with Gasteiger partial charge in [-0.2, -0.15) is 0 Å². The summed E-state index contributed by atoms with van der Waals surface area (Å²) in [6.45, 7) is 6.58. The van der Waals surface area contributed by atoms with Crippen LogP contribution in [0.1, 0.15) is 30.0 Å². The summed E-state index contributed by atoms with van der Waals surface area (Å²) >= 11 is 0. The fourth-order valence-corrected chi connectivity index (χ4v) is 2.93. The van der Waals surface area contributed by atoms with Crippen molar-refractivity contribution >= 4 is 17.5 Å². The summed E-state index contributed by atoms with van der Waals surface area (Å²) < 4.78 is 0. The van der Waals surface area contributed by atoms with Gasteiger partial charge in [0.25, 0.3) is 0 Å². The van der Waals surface area contributed by atoms with E-state index in [0.29, 0.717) is 19.5 Å². The quantitative estimate of drug-likeness (QED) is 0.768. The van der Waals surface area contributed by atoms with Gasteiger partial charge < -0.3 is 9.80 Å². The van der Waals surface area contributed by atoms with Crippen molar-refractivity contribution in [1.82, 2.24) is 9.88 Å². The Balaban J connectivity index is 1.93. The van der Waals surface area contributed by atoms with Crippen LogP contribution in [0.3, 0.4) is 0 Å². The minimum atomic E-state index is -0.0517. The lowest BCUT2D eigenvalue weighted by molar-refractivity contribution is -0.129. The number of pyridine rings is 1. The van der Waals surface area contributed by atoms with E-state index in [1.54, 1.807) is 29.2 Å². The third kappa shape index (κ3) is 5.41. The van der Waals surface area contributed by atoms with Gasteiger partial charge in [-0.25, -0.2) is 0 Å². The molecule has 1 heterocycles. The monoisotopic (exact) mass is 353 g/mol. The molecule has 0 unspecified atom stereocenters. The van der Waals surface area contributed by atoms with Gasteiger partial charge in [-0.3, -0.25) is 14.6 Å². The predicted molar refractivity (Wildman–Crippen MR) is 104 cm³/mol. The molecular formula is C21H27N3O2. The highest BCUT2D eigenvalue weighted by Gasteiger charge is 2.17. The molecule has 0 radical (unpaired) electrons. The largest absolute Gasteiger partial charge is 0.345 e. The van der Waals surface area contributed by atoms with Gasteiger partial charge in [0.05, 0.1) is 0 Å². The zero-order valence-electron chi connectivity index (χ0n) is 16.0. The summed E-state index contributed by atoms with van der Waals surface area (Å²) in [7, 11) is 1.80. The van der Waals surface area contributed by atoms with Crippen LogP contribution >= 0.6 is 0 Å². The van der Waals surface area contributed by atoms with Gasteiger partial charge >= 0.3 is 0 Å². The highest BCUT2D eigenvalue weighted by molar-refractivity contribution is 5.93. The summed E-state index contributed by atoms with van der Waals surface area (Å²) in [6.07, 6.45) is 4.61. The maximum atomic E-state index is 12.4. The summed E-state index contributed by atoms with van der Waals surface area (Å²) in [4.78, 5) is 31.9. The molecule has 0 bridgehead atoms. The zero-order chi connectivity index (χ0) is 19.1. The number of carbonyl (C=O) groups excluding carboxylic acids is 2. The van der Waals surface area contributed by atoms with Gasteiger partial charge in [-0.05, 0) is 49.6 Å². The Morgan fingerprint density at radius 2 is 1.73 bits per heavy atom. The molecule has 0 N–H and O–H groups in total. The van der Waals surface area contributed by atoms with Crippen molar-refractivity contribution in [1.29, 1.82) is 0 Å². The highest BCUT2D eigenvalue weighted by atomic mass is 16.2. The summed E-state index contributed by atoms with van der Waals surface area (Å²) in [6, 6.07) is 9.89. The number of rotatable bonds is 7. The average molecular weight is 353 g/mol. The summed E-state index contributed by atoms with van der Waals surface area (Å²) in [5.41, 5.74) is 4.22. The number of hydrogen-bond donors (Lipinski definition) is 0. The standard InChI is InChI=1S/C21H27N3O2/c1-16-5-6-20(17(2)15-16)24(18(3)25)14-10-21(26)23(4)13-9-19-7-11-22-12-8-19/h5-8,11-12,15H,9-10,13-14H2,1-4H3. The van der Waals surface area contributed by atoms with Crippen molar-refractivity contribution in [3.05, 3.63) is 59.4 Å². The molecule has 2 aromatic rings. The van der Waals surface area contributed by atoms with Crippen molar-refractivity contribution in [2.45, 2.75) is 33.6 Å². The molecule has 5 nitrogen and oxygen atoms in total. The topological polar surface area (TPSA) is 53.5 Å². The molecule has 0 atom stereocenters. The Hall–Kier alpha value is -2.69. The molecule has 5 heteroatoms. The van der Waals surface area contributed by atoms with E-state index in [1.165, 1.54) is 6.92 Å². The first kappa shape index (κ1) is 19.6. The molecule has 2 rings (SSSR count). The van der Waals surface area contributed by atoms with E-state index in [4.69, 9.17) is 0 Å². The van der Waals surface area contributed by atoms with Crippen molar-refractivity contribution in [2.24, 2.45) is 0 Å². The van der Waals surface area contributed by atoms with Crippen LogP contribution < -0.4 is 4.90 Å². The van der Waals surface area contributed by atoms with Crippen LogP contribution in [0.15, 0.2) is 42.7 Å². The van der Waals surface area contributed by atoms with Gasteiger partial charge in [-0.1, -0.05) is 17.7 Å². The van der Waals surface area contributed by atoms with E-state index < -0.39 is 0 Å². The van der Waals surface area contributed by atoms with Crippen molar-refractivity contribution in [3.8, 4) is 0 Å². The minimum Gasteiger partial charge on any atom is -0.345 e. The van der Waals surface area contributed by atoms with Gasteiger partial charge in [0.1, 0.15) is 0 Å².